The highest BCUT2D eigenvalue weighted by Gasteiger charge is 2.02. The molecule has 0 amide bonds. The molecule has 3 heteroatoms. The van der Waals surface area contributed by atoms with Crippen LogP contribution in [0.15, 0.2) is 11.3 Å². The topological polar surface area (TPSA) is 18.5 Å². The maximum atomic E-state index is 5.05. The van der Waals surface area contributed by atoms with E-state index in [0.29, 0.717) is 0 Å². The van der Waals surface area contributed by atoms with Crippen molar-refractivity contribution in [3.63, 3.8) is 0 Å². The predicted octanol–water partition coefficient (Wildman–Crippen LogP) is 1.01. The van der Waals surface area contributed by atoms with Crippen molar-refractivity contribution in [3.8, 4) is 0 Å². The van der Waals surface area contributed by atoms with Crippen LogP contribution in [0.25, 0.3) is 0 Å². The Morgan fingerprint density at radius 1 is 1.22 bits per heavy atom. The number of hydrogen-bond acceptors (Lipinski definition) is 2. The van der Waals surface area contributed by atoms with Crippen LogP contribution < -0.4 is 0 Å². The smallest absolute Gasteiger partial charge is 0.347 e. The Morgan fingerprint density at radius 2 is 1.67 bits per heavy atom. The second-order valence-electron chi connectivity index (χ2n) is 2.08. The third-order valence-corrected chi connectivity index (χ3v) is 2.80. The summed E-state index contributed by atoms with van der Waals surface area (Å²) in [5.74, 6) is 0. The molecule has 0 aromatic rings. The zero-order valence-electron chi connectivity index (χ0n) is 6.47. The van der Waals surface area contributed by atoms with Gasteiger partial charge in [0.25, 0.3) is 0 Å². The van der Waals surface area contributed by atoms with Crippen molar-refractivity contribution in [2.24, 2.45) is 0 Å². The van der Waals surface area contributed by atoms with Crippen LogP contribution in [0, 0.1) is 0 Å². The van der Waals surface area contributed by atoms with Gasteiger partial charge in [-0.1, -0.05) is 5.57 Å². The molecule has 2 nitrogen and oxygen atoms in total. The minimum Gasteiger partial charge on any atom is -0.397 e. The summed E-state index contributed by atoms with van der Waals surface area (Å²) in [6.45, 7) is 4.08. The molecule has 0 spiro atoms. The zero-order chi connectivity index (χ0) is 7.28. The van der Waals surface area contributed by atoms with Gasteiger partial charge in [0.1, 0.15) is 0 Å². The van der Waals surface area contributed by atoms with Gasteiger partial charge in [0, 0.05) is 14.2 Å². The van der Waals surface area contributed by atoms with Gasteiger partial charge in [0.2, 0.25) is 0 Å². The van der Waals surface area contributed by atoms with Gasteiger partial charge in [0.15, 0.2) is 0 Å². The van der Waals surface area contributed by atoms with E-state index in [0.717, 1.165) is 0 Å². The average Bonchev–Trinajstić information content (AvgIpc) is 1.82. The summed E-state index contributed by atoms with van der Waals surface area (Å²) < 4.78 is 10.1. The van der Waals surface area contributed by atoms with Gasteiger partial charge in [-0.25, -0.2) is 0 Å². The first kappa shape index (κ1) is 8.88. The molecule has 0 unspecified atom stereocenters. The molecule has 9 heavy (non-hydrogen) atoms. The molecule has 0 aliphatic heterocycles. The minimum absolute atomic E-state index is 1.26. The van der Waals surface area contributed by atoms with E-state index in [1.54, 1.807) is 14.2 Å². The van der Waals surface area contributed by atoms with E-state index in [1.165, 1.54) is 5.57 Å². The molecule has 0 saturated carbocycles. The van der Waals surface area contributed by atoms with E-state index in [4.69, 9.17) is 8.85 Å². The van der Waals surface area contributed by atoms with E-state index in [1.807, 2.05) is 13.8 Å². The fourth-order valence-corrected chi connectivity index (χ4v) is 1.51. The first-order valence-corrected chi connectivity index (χ1v) is 4.52. The van der Waals surface area contributed by atoms with Crippen molar-refractivity contribution < 1.29 is 8.85 Å². The Balaban J connectivity index is 3.68. The SMILES string of the molecule is CO[SiH](C=C(C)C)OC. The summed E-state index contributed by atoms with van der Waals surface area (Å²) in [6, 6.07) is 0. The summed E-state index contributed by atoms with van der Waals surface area (Å²) in [5.41, 5.74) is 3.32. The Kier molecular flexibility index (Phi) is 4.66. The van der Waals surface area contributed by atoms with E-state index in [9.17, 15) is 0 Å². The molecule has 0 saturated heterocycles. The normalized spacial score (nSPS) is 9.89. The Bertz CT molecular complexity index is 93.2. The van der Waals surface area contributed by atoms with Gasteiger partial charge < -0.3 is 8.85 Å². The van der Waals surface area contributed by atoms with Crippen molar-refractivity contribution >= 4 is 9.28 Å². The number of hydrogen-bond donors (Lipinski definition) is 0. The highest BCUT2D eigenvalue weighted by atomic mass is 28.3. The molecule has 0 N–H and O–H groups in total. The average molecular weight is 146 g/mol. The second-order valence-corrected chi connectivity index (χ2v) is 4.10. The molecule has 54 valence electrons. The van der Waals surface area contributed by atoms with E-state index < -0.39 is 9.28 Å². The van der Waals surface area contributed by atoms with Crippen molar-refractivity contribution in [2.75, 3.05) is 14.2 Å². The Hall–Kier alpha value is -0.123. The molecule has 0 fully saturated rings. The van der Waals surface area contributed by atoms with Crippen molar-refractivity contribution in [2.45, 2.75) is 13.8 Å². The Morgan fingerprint density at radius 3 is 1.78 bits per heavy atom. The molecule has 0 rings (SSSR count). The molecule has 0 aliphatic rings. The van der Waals surface area contributed by atoms with Crippen LogP contribution in [0.2, 0.25) is 0 Å². The van der Waals surface area contributed by atoms with Crippen molar-refractivity contribution in [3.05, 3.63) is 11.3 Å². The first-order valence-electron chi connectivity index (χ1n) is 2.91. The number of allylic oxidation sites excluding steroid dienone is 1. The molecule has 0 aromatic carbocycles. The maximum absolute atomic E-state index is 5.05. The summed E-state index contributed by atoms with van der Waals surface area (Å²) in [6.07, 6.45) is 0. The minimum atomic E-state index is -1.41. The van der Waals surface area contributed by atoms with Crippen LogP contribution in [0.5, 0.6) is 0 Å². The summed E-state index contributed by atoms with van der Waals surface area (Å²) in [5, 5.41) is 0. The molecular formula is C6H14O2Si. The summed E-state index contributed by atoms with van der Waals surface area (Å²) >= 11 is 0. The van der Waals surface area contributed by atoms with E-state index in [-0.39, 0.29) is 0 Å². The lowest BCUT2D eigenvalue weighted by molar-refractivity contribution is 0.290. The van der Waals surface area contributed by atoms with Crippen LogP contribution in [0.1, 0.15) is 13.8 Å². The predicted molar refractivity (Wildman–Crippen MR) is 40.6 cm³/mol. The third kappa shape index (κ3) is 4.38. The summed E-state index contributed by atoms with van der Waals surface area (Å²) in [7, 11) is 1.95. The van der Waals surface area contributed by atoms with E-state index >= 15 is 0 Å². The van der Waals surface area contributed by atoms with E-state index in [2.05, 4.69) is 5.70 Å². The highest BCUT2D eigenvalue weighted by molar-refractivity contribution is 6.50. The van der Waals surface area contributed by atoms with Crippen LogP contribution in [-0.2, 0) is 8.85 Å². The van der Waals surface area contributed by atoms with Gasteiger partial charge in [-0.2, -0.15) is 0 Å². The largest absolute Gasteiger partial charge is 0.397 e. The van der Waals surface area contributed by atoms with Crippen LogP contribution in [-0.4, -0.2) is 23.5 Å². The molecule has 0 heterocycles. The van der Waals surface area contributed by atoms with Crippen molar-refractivity contribution in [1.82, 2.24) is 0 Å². The molecule has 0 atom stereocenters. The number of rotatable bonds is 3. The fraction of sp³-hybridized carbons (Fsp3) is 0.667. The third-order valence-electron chi connectivity index (χ3n) is 0.934. The standard InChI is InChI=1S/C6H14O2Si/c1-6(2)5-9(7-3)8-4/h5,9H,1-4H3. The second kappa shape index (κ2) is 4.73. The van der Waals surface area contributed by atoms with Gasteiger partial charge in [0.05, 0.1) is 0 Å². The van der Waals surface area contributed by atoms with Gasteiger partial charge >= 0.3 is 9.28 Å². The van der Waals surface area contributed by atoms with Gasteiger partial charge in [-0.3, -0.25) is 0 Å². The molecule has 0 radical (unpaired) electrons. The van der Waals surface area contributed by atoms with Gasteiger partial charge in [-0.05, 0) is 19.5 Å². The Labute approximate surface area is 58.3 Å². The van der Waals surface area contributed by atoms with Crippen LogP contribution in [0.4, 0.5) is 0 Å². The quantitative estimate of drug-likeness (QED) is 0.553. The highest BCUT2D eigenvalue weighted by Crippen LogP contribution is 1.93. The zero-order valence-corrected chi connectivity index (χ0v) is 7.63. The molecule has 0 aliphatic carbocycles. The van der Waals surface area contributed by atoms with Gasteiger partial charge in [-0.15, -0.1) is 0 Å². The van der Waals surface area contributed by atoms with Crippen molar-refractivity contribution in [1.29, 1.82) is 0 Å². The fourth-order valence-electron chi connectivity index (χ4n) is 0.504. The lowest BCUT2D eigenvalue weighted by Crippen LogP contribution is -2.16. The maximum Gasteiger partial charge on any atom is 0.347 e. The molecule has 0 bridgehead atoms. The van der Waals surface area contributed by atoms with Crippen LogP contribution >= 0.6 is 0 Å². The lowest BCUT2D eigenvalue weighted by Gasteiger charge is -2.04. The lowest BCUT2D eigenvalue weighted by atomic mass is 10.4. The molecular weight excluding hydrogens is 132 g/mol. The monoisotopic (exact) mass is 146 g/mol. The molecule has 0 aromatic heterocycles. The van der Waals surface area contributed by atoms with Crippen LogP contribution in [0.3, 0.4) is 0 Å². The summed E-state index contributed by atoms with van der Waals surface area (Å²) in [4.78, 5) is 0. The first-order chi connectivity index (χ1) is 4.20.